The van der Waals surface area contributed by atoms with Crippen LogP contribution in [0.25, 0.3) is 0 Å². The van der Waals surface area contributed by atoms with Gasteiger partial charge >= 0.3 is 6.18 Å². The van der Waals surface area contributed by atoms with Crippen molar-refractivity contribution < 1.29 is 17.9 Å². The van der Waals surface area contributed by atoms with E-state index in [9.17, 15) is 13.2 Å². The minimum Gasteiger partial charge on any atom is -0.381 e. The van der Waals surface area contributed by atoms with Gasteiger partial charge < -0.3 is 4.74 Å². The maximum atomic E-state index is 12.8. The van der Waals surface area contributed by atoms with Crippen LogP contribution in [0.5, 0.6) is 0 Å². The molecule has 3 unspecified atom stereocenters. The van der Waals surface area contributed by atoms with Crippen molar-refractivity contribution in [3.63, 3.8) is 0 Å². The Morgan fingerprint density at radius 3 is 2.29 bits per heavy atom. The monoisotopic (exact) mass is 210 g/mol. The summed E-state index contributed by atoms with van der Waals surface area (Å²) >= 11 is 0. The molecule has 0 aromatic carbocycles. The molecule has 3 atom stereocenters. The van der Waals surface area contributed by atoms with Crippen LogP contribution in [0.1, 0.15) is 33.1 Å². The molecular weight excluding hydrogens is 193 g/mol. The van der Waals surface area contributed by atoms with Gasteiger partial charge in [0, 0.05) is 7.11 Å². The Kier molecular flexibility index (Phi) is 3.14. The van der Waals surface area contributed by atoms with E-state index in [2.05, 4.69) is 0 Å². The second-order valence-corrected chi connectivity index (χ2v) is 4.67. The molecule has 0 aliphatic heterocycles. The van der Waals surface area contributed by atoms with Gasteiger partial charge in [0.05, 0.1) is 11.5 Å². The van der Waals surface area contributed by atoms with Crippen LogP contribution in [0.2, 0.25) is 0 Å². The van der Waals surface area contributed by atoms with E-state index in [0.29, 0.717) is 0 Å². The van der Waals surface area contributed by atoms with E-state index in [-0.39, 0.29) is 24.9 Å². The zero-order chi connectivity index (χ0) is 11.0. The van der Waals surface area contributed by atoms with Gasteiger partial charge in [0.15, 0.2) is 0 Å². The lowest BCUT2D eigenvalue weighted by Gasteiger charge is -2.41. The number of halogens is 3. The molecule has 1 aliphatic rings. The fraction of sp³-hybridized carbons (Fsp3) is 1.00. The molecule has 1 nitrogen and oxygen atoms in total. The summed E-state index contributed by atoms with van der Waals surface area (Å²) in [6.07, 6.45) is -3.31. The second-order valence-electron chi connectivity index (χ2n) is 4.67. The smallest absolute Gasteiger partial charge is 0.381 e. The van der Waals surface area contributed by atoms with Gasteiger partial charge in [-0.3, -0.25) is 0 Å². The number of hydrogen-bond donors (Lipinski definition) is 0. The van der Waals surface area contributed by atoms with Crippen molar-refractivity contribution in [2.75, 3.05) is 7.11 Å². The van der Waals surface area contributed by atoms with Gasteiger partial charge in [0.2, 0.25) is 0 Å². The summed E-state index contributed by atoms with van der Waals surface area (Å²) in [6.45, 7) is 3.16. The van der Waals surface area contributed by atoms with Crippen molar-refractivity contribution in [1.82, 2.24) is 0 Å². The number of methoxy groups -OCH3 is 1. The molecule has 1 aliphatic carbocycles. The van der Waals surface area contributed by atoms with Crippen molar-refractivity contribution >= 4 is 0 Å². The molecule has 0 heterocycles. The van der Waals surface area contributed by atoms with Crippen molar-refractivity contribution in [3.8, 4) is 0 Å². The number of alkyl halides is 3. The minimum absolute atomic E-state index is 0.0836. The van der Waals surface area contributed by atoms with Gasteiger partial charge in [-0.15, -0.1) is 0 Å². The number of ether oxygens (including phenoxy) is 1. The third-order valence-electron chi connectivity index (χ3n) is 3.16. The number of rotatable bonds is 1. The molecule has 0 spiro atoms. The normalized spacial score (nSPS) is 39.9. The standard InChI is InChI=1S/C10H17F3O/c1-7-4-8(14-3)6-9(2,5-7)10(11,12)13/h7-8H,4-6H2,1-3H3. The van der Waals surface area contributed by atoms with E-state index in [0.717, 1.165) is 6.42 Å². The average molecular weight is 210 g/mol. The van der Waals surface area contributed by atoms with Crippen molar-refractivity contribution in [2.45, 2.75) is 45.4 Å². The molecule has 14 heavy (non-hydrogen) atoms. The van der Waals surface area contributed by atoms with Crippen LogP contribution < -0.4 is 0 Å². The zero-order valence-corrected chi connectivity index (χ0v) is 8.82. The lowest BCUT2D eigenvalue weighted by atomic mass is 9.69. The molecule has 0 radical (unpaired) electrons. The van der Waals surface area contributed by atoms with Gasteiger partial charge in [-0.25, -0.2) is 0 Å². The molecule has 84 valence electrons. The highest BCUT2D eigenvalue weighted by Crippen LogP contribution is 2.50. The minimum atomic E-state index is -4.11. The Labute approximate surface area is 82.6 Å². The molecule has 1 fully saturated rings. The summed E-state index contributed by atoms with van der Waals surface area (Å²) in [5.41, 5.74) is -1.56. The predicted molar refractivity (Wildman–Crippen MR) is 48.0 cm³/mol. The molecule has 0 bridgehead atoms. The summed E-state index contributed by atoms with van der Waals surface area (Å²) in [6, 6.07) is 0. The van der Waals surface area contributed by atoms with Crippen molar-refractivity contribution in [3.05, 3.63) is 0 Å². The first-order valence-electron chi connectivity index (χ1n) is 4.88. The Balaban J connectivity index is 2.78. The largest absolute Gasteiger partial charge is 0.394 e. The van der Waals surface area contributed by atoms with Crippen LogP contribution in [-0.2, 0) is 4.74 Å². The first kappa shape index (κ1) is 11.8. The maximum absolute atomic E-state index is 12.8. The molecule has 1 saturated carbocycles. The Bertz CT molecular complexity index is 202. The van der Waals surface area contributed by atoms with Gasteiger partial charge in [0.25, 0.3) is 0 Å². The highest BCUT2D eigenvalue weighted by molar-refractivity contribution is 4.91. The Hall–Kier alpha value is -0.250. The number of hydrogen-bond acceptors (Lipinski definition) is 1. The SMILES string of the molecule is COC1CC(C)CC(C)(C(F)(F)F)C1. The van der Waals surface area contributed by atoms with E-state index < -0.39 is 11.6 Å². The van der Waals surface area contributed by atoms with Crippen LogP contribution in [0.15, 0.2) is 0 Å². The van der Waals surface area contributed by atoms with E-state index in [1.807, 2.05) is 6.92 Å². The summed E-state index contributed by atoms with van der Waals surface area (Å²) in [5, 5.41) is 0. The quantitative estimate of drug-likeness (QED) is 0.644. The maximum Gasteiger partial charge on any atom is 0.394 e. The summed E-state index contributed by atoms with van der Waals surface area (Å²) in [7, 11) is 1.49. The van der Waals surface area contributed by atoms with Gasteiger partial charge in [-0.2, -0.15) is 13.2 Å². The fourth-order valence-electron chi connectivity index (χ4n) is 2.38. The summed E-state index contributed by atoms with van der Waals surface area (Å²) < 4.78 is 43.3. The van der Waals surface area contributed by atoms with Crippen molar-refractivity contribution in [1.29, 1.82) is 0 Å². The Morgan fingerprint density at radius 2 is 1.86 bits per heavy atom. The molecule has 0 amide bonds. The highest BCUT2D eigenvalue weighted by atomic mass is 19.4. The topological polar surface area (TPSA) is 9.23 Å². The van der Waals surface area contributed by atoms with Crippen LogP contribution in [0.3, 0.4) is 0 Å². The van der Waals surface area contributed by atoms with E-state index in [1.54, 1.807) is 0 Å². The van der Waals surface area contributed by atoms with Crippen molar-refractivity contribution in [2.24, 2.45) is 11.3 Å². The second kappa shape index (κ2) is 3.72. The first-order valence-corrected chi connectivity index (χ1v) is 4.88. The molecule has 0 aromatic heterocycles. The molecule has 1 rings (SSSR count). The fourth-order valence-corrected chi connectivity index (χ4v) is 2.38. The first-order chi connectivity index (χ1) is 6.28. The Morgan fingerprint density at radius 1 is 1.29 bits per heavy atom. The molecule has 0 N–H and O–H groups in total. The van der Waals surface area contributed by atoms with Crippen LogP contribution in [0.4, 0.5) is 13.2 Å². The van der Waals surface area contributed by atoms with Crippen LogP contribution in [-0.4, -0.2) is 19.4 Å². The van der Waals surface area contributed by atoms with Crippen LogP contribution >= 0.6 is 0 Å². The molecule has 4 heteroatoms. The van der Waals surface area contributed by atoms with E-state index >= 15 is 0 Å². The third kappa shape index (κ3) is 2.22. The predicted octanol–water partition coefficient (Wildman–Crippen LogP) is 3.39. The summed E-state index contributed by atoms with van der Waals surface area (Å²) in [5.74, 6) is 0.0836. The van der Waals surface area contributed by atoms with Gasteiger partial charge in [-0.05, 0) is 25.2 Å². The zero-order valence-electron chi connectivity index (χ0n) is 8.82. The lowest BCUT2D eigenvalue weighted by molar-refractivity contribution is -0.242. The highest BCUT2D eigenvalue weighted by Gasteiger charge is 2.54. The average Bonchev–Trinajstić information content (AvgIpc) is 2.00. The third-order valence-corrected chi connectivity index (χ3v) is 3.16. The van der Waals surface area contributed by atoms with Gasteiger partial charge in [-0.1, -0.05) is 13.8 Å². The lowest BCUT2D eigenvalue weighted by Crippen LogP contribution is -2.44. The molecule has 0 saturated heterocycles. The van der Waals surface area contributed by atoms with E-state index in [4.69, 9.17) is 4.74 Å². The van der Waals surface area contributed by atoms with Gasteiger partial charge in [0.1, 0.15) is 0 Å². The van der Waals surface area contributed by atoms with E-state index in [1.165, 1.54) is 14.0 Å². The summed E-state index contributed by atoms with van der Waals surface area (Å²) in [4.78, 5) is 0. The molecule has 0 aromatic rings. The molecular formula is C10H17F3O. The van der Waals surface area contributed by atoms with Crippen LogP contribution in [0, 0.1) is 11.3 Å².